The van der Waals surface area contributed by atoms with E-state index in [2.05, 4.69) is 44.6 Å². The van der Waals surface area contributed by atoms with Crippen molar-refractivity contribution in [2.45, 2.75) is 38.6 Å². The van der Waals surface area contributed by atoms with Gasteiger partial charge in [-0.15, -0.1) is 0 Å². The molecule has 1 saturated heterocycles. The van der Waals surface area contributed by atoms with Gasteiger partial charge in [0.25, 0.3) is 5.91 Å². The van der Waals surface area contributed by atoms with Gasteiger partial charge < -0.3 is 20.4 Å². The molecule has 7 heteroatoms. The SMILES string of the molecule is Cc1ccc(OCC2CC2)c(-c2ncnc3c(C(=O)NC4CCNCC4)c[nH]c23)c1. The fourth-order valence-electron chi connectivity index (χ4n) is 3.99. The van der Waals surface area contributed by atoms with Crippen molar-refractivity contribution in [2.75, 3.05) is 19.7 Å². The molecule has 0 spiro atoms. The molecule has 1 aliphatic carbocycles. The first-order valence-corrected chi connectivity index (χ1v) is 10.8. The van der Waals surface area contributed by atoms with Crippen LogP contribution in [0, 0.1) is 12.8 Å². The second-order valence-electron chi connectivity index (χ2n) is 8.40. The average Bonchev–Trinajstić information content (AvgIpc) is 3.49. The third-order valence-electron chi connectivity index (χ3n) is 5.94. The van der Waals surface area contributed by atoms with Gasteiger partial charge >= 0.3 is 0 Å². The van der Waals surface area contributed by atoms with Crippen LogP contribution in [0.15, 0.2) is 30.7 Å². The summed E-state index contributed by atoms with van der Waals surface area (Å²) in [4.78, 5) is 25.1. The molecule has 0 atom stereocenters. The number of H-pyrrole nitrogens is 1. The van der Waals surface area contributed by atoms with E-state index in [-0.39, 0.29) is 11.9 Å². The normalized spacial score (nSPS) is 17.2. The largest absolute Gasteiger partial charge is 0.493 e. The van der Waals surface area contributed by atoms with Crippen molar-refractivity contribution in [3.05, 3.63) is 41.9 Å². The lowest BCUT2D eigenvalue weighted by Crippen LogP contribution is -2.42. The van der Waals surface area contributed by atoms with Crippen molar-refractivity contribution in [1.29, 1.82) is 0 Å². The Morgan fingerprint density at radius 3 is 2.83 bits per heavy atom. The van der Waals surface area contributed by atoms with Crippen LogP contribution < -0.4 is 15.4 Å². The molecule has 2 aromatic heterocycles. The number of aromatic nitrogens is 3. The van der Waals surface area contributed by atoms with Gasteiger partial charge in [-0.1, -0.05) is 11.6 Å². The molecule has 2 aliphatic rings. The molecule has 1 saturated carbocycles. The molecule has 7 nitrogen and oxygen atoms in total. The Kier molecular flexibility index (Phi) is 5.12. The fraction of sp³-hybridized carbons (Fsp3) is 0.435. The number of aryl methyl sites for hydroxylation is 1. The van der Waals surface area contributed by atoms with Crippen LogP contribution in [-0.2, 0) is 0 Å². The predicted molar refractivity (Wildman–Crippen MR) is 116 cm³/mol. The second-order valence-corrected chi connectivity index (χ2v) is 8.40. The van der Waals surface area contributed by atoms with Gasteiger partial charge in [-0.05, 0) is 63.7 Å². The maximum Gasteiger partial charge on any atom is 0.255 e. The summed E-state index contributed by atoms with van der Waals surface area (Å²) in [7, 11) is 0. The summed E-state index contributed by atoms with van der Waals surface area (Å²) in [5.41, 5.74) is 4.77. The van der Waals surface area contributed by atoms with Crippen LogP contribution in [-0.4, -0.2) is 46.6 Å². The first kappa shape index (κ1) is 19.1. The highest BCUT2D eigenvalue weighted by Crippen LogP contribution is 2.36. The molecule has 1 aliphatic heterocycles. The third-order valence-corrected chi connectivity index (χ3v) is 5.94. The van der Waals surface area contributed by atoms with E-state index in [4.69, 9.17) is 4.74 Å². The van der Waals surface area contributed by atoms with Gasteiger partial charge in [-0.3, -0.25) is 4.79 Å². The number of piperidine rings is 1. The first-order valence-electron chi connectivity index (χ1n) is 10.8. The molecule has 0 radical (unpaired) electrons. The number of benzene rings is 1. The number of aromatic amines is 1. The summed E-state index contributed by atoms with van der Waals surface area (Å²) in [6, 6.07) is 6.34. The Labute approximate surface area is 175 Å². The molecule has 0 bridgehead atoms. The molecule has 3 N–H and O–H groups in total. The van der Waals surface area contributed by atoms with Crippen molar-refractivity contribution in [2.24, 2.45) is 5.92 Å². The first-order chi connectivity index (χ1) is 14.7. The zero-order chi connectivity index (χ0) is 20.5. The van der Waals surface area contributed by atoms with Crippen molar-refractivity contribution in [1.82, 2.24) is 25.6 Å². The number of amides is 1. The van der Waals surface area contributed by atoms with Crippen LogP contribution in [0.2, 0.25) is 0 Å². The predicted octanol–water partition coefficient (Wildman–Crippen LogP) is 3.20. The number of nitrogens with zero attached hydrogens (tertiary/aromatic N) is 2. The van der Waals surface area contributed by atoms with E-state index in [0.717, 1.165) is 60.6 Å². The van der Waals surface area contributed by atoms with Gasteiger partial charge in [0.15, 0.2) is 0 Å². The van der Waals surface area contributed by atoms with Crippen molar-refractivity contribution < 1.29 is 9.53 Å². The Bertz CT molecular complexity index is 1070. The quantitative estimate of drug-likeness (QED) is 0.586. The molecule has 1 amide bonds. The number of rotatable bonds is 6. The van der Waals surface area contributed by atoms with Gasteiger partial charge in [-0.25, -0.2) is 9.97 Å². The van der Waals surface area contributed by atoms with Crippen LogP contribution in [0.3, 0.4) is 0 Å². The molecule has 5 rings (SSSR count). The number of fused-ring (bicyclic) bond motifs is 1. The van der Waals surface area contributed by atoms with Crippen LogP contribution in [0.4, 0.5) is 0 Å². The van der Waals surface area contributed by atoms with Gasteiger partial charge in [0, 0.05) is 17.8 Å². The highest BCUT2D eigenvalue weighted by atomic mass is 16.5. The minimum Gasteiger partial charge on any atom is -0.493 e. The zero-order valence-electron chi connectivity index (χ0n) is 17.2. The zero-order valence-corrected chi connectivity index (χ0v) is 17.2. The molecule has 2 fully saturated rings. The standard InChI is InChI=1S/C23H27N5O2/c1-14-2-5-19(30-12-15-3-4-15)17(10-14)20-22-21(27-13-26-20)18(11-25-22)23(29)28-16-6-8-24-9-7-16/h2,5,10-11,13,15-16,24-25H,3-4,6-9,12H2,1H3,(H,28,29). The average molecular weight is 406 g/mol. The highest BCUT2D eigenvalue weighted by Gasteiger charge is 2.24. The van der Waals surface area contributed by atoms with E-state index in [1.54, 1.807) is 6.20 Å². The molecule has 3 heterocycles. The molecular formula is C23H27N5O2. The second kappa shape index (κ2) is 8.07. The fourth-order valence-corrected chi connectivity index (χ4v) is 3.99. The van der Waals surface area contributed by atoms with Crippen LogP contribution in [0.25, 0.3) is 22.3 Å². The minimum absolute atomic E-state index is 0.0905. The van der Waals surface area contributed by atoms with Crippen LogP contribution in [0.5, 0.6) is 5.75 Å². The van der Waals surface area contributed by atoms with Crippen LogP contribution in [0.1, 0.15) is 41.6 Å². The maximum atomic E-state index is 12.9. The van der Waals surface area contributed by atoms with E-state index < -0.39 is 0 Å². The number of ether oxygens (including phenoxy) is 1. The van der Waals surface area contributed by atoms with Gasteiger partial charge in [-0.2, -0.15) is 0 Å². The number of carbonyl (C=O) groups excluding carboxylic acids is 1. The summed E-state index contributed by atoms with van der Waals surface area (Å²) < 4.78 is 6.11. The van der Waals surface area contributed by atoms with E-state index in [9.17, 15) is 4.79 Å². The summed E-state index contributed by atoms with van der Waals surface area (Å²) in [5.74, 6) is 1.40. The highest BCUT2D eigenvalue weighted by molar-refractivity contribution is 6.07. The van der Waals surface area contributed by atoms with Crippen molar-refractivity contribution >= 4 is 16.9 Å². The Morgan fingerprint density at radius 2 is 2.03 bits per heavy atom. The van der Waals surface area contributed by atoms with E-state index in [0.29, 0.717) is 17.0 Å². The topological polar surface area (TPSA) is 91.9 Å². The molecule has 0 unspecified atom stereocenters. The van der Waals surface area contributed by atoms with E-state index >= 15 is 0 Å². The summed E-state index contributed by atoms with van der Waals surface area (Å²) >= 11 is 0. The summed E-state index contributed by atoms with van der Waals surface area (Å²) in [5, 5.41) is 6.47. The lowest BCUT2D eigenvalue weighted by molar-refractivity contribution is 0.0931. The molecular weight excluding hydrogens is 378 g/mol. The van der Waals surface area contributed by atoms with E-state index in [1.807, 2.05) is 6.07 Å². The minimum atomic E-state index is -0.0905. The third kappa shape index (κ3) is 3.89. The maximum absolute atomic E-state index is 12.9. The Balaban J connectivity index is 1.47. The van der Waals surface area contributed by atoms with Gasteiger partial charge in [0.2, 0.25) is 0 Å². The number of carbonyl (C=O) groups is 1. The summed E-state index contributed by atoms with van der Waals surface area (Å²) in [6.07, 6.45) is 7.63. The van der Waals surface area contributed by atoms with Gasteiger partial charge in [0.05, 0.1) is 17.7 Å². The lowest BCUT2D eigenvalue weighted by atomic mass is 10.0. The molecule has 3 aromatic rings. The monoisotopic (exact) mass is 405 g/mol. The van der Waals surface area contributed by atoms with Gasteiger partial charge in [0.1, 0.15) is 23.3 Å². The number of hydrogen-bond donors (Lipinski definition) is 3. The Hall–Kier alpha value is -2.93. The molecule has 30 heavy (non-hydrogen) atoms. The smallest absolute Gasteiger partial charge is 0.255 e. The lowest BCUT2D eigenvalue weighted by Gasteiger charge is -2.23. The number of hydrogen-bond acceptors (Lipinski definition) is 5. The summed E-state index contributed by atoms with van der Waals surface area (Å²) in [6.45, 7) is 4.66. The van der Waals surface area contributed by atoms with Crippen LogP contribution >= 0.6 is 0 Å². The Morgan fingerprint density at radius 1 is 1.20 bits per heavy atom. The molecule has 1 aromatic carbocycles. The number of nitrogens with one attached hydrogen (secondary N) is 3. The molecule has 156 valence electrons. The van der Waals surface area contributed by atoms with Crippen molar-refractivity contribution in [3.63, 3.8) is 0 Å². The van der Waals surface area contributed by atoms with E-state index in [1.165, 1.54) is 19.2 Å². The van der Waals surface area contributed by atoms with Crippen molar-refractivity contribution in [3.8, 4) is 17.0 Å².